The third-order valence-corrected chi connectivity index (χ3v) is 4.85. The van der Waals surface area contributed by atoms with E-state index in [4.69, 9.17) is 21.1 Å². The summed E-state index contributed by atoms with van der Waals surface area (Å²) < 4.78 is 11.1. The topological polar surface area (TPSA) is 89.9 Å². The summed E-state index contributed by atoms with van der Waals surface area (Å²) in [5.41, 5.74) is -0.212. The minimum absolute atomic E-state index is 0.0285. The van der Waals surface area contributed by atoms with E-state index in [1.54, 1.807) is 48.5 Å². The number of hydrogen-bond donors (Lipinski definition) is 1. The van der Waals surface area contributed by atoms with Crippen LogP contribution >= 0.6 is 11.6 Å². The van der Waals surface area contributed by atoms with E-state index in [1.807, 2.05) is 0 Å². The number of ketones is 2. The van der Waals surface area contributed by atoms with Gasteiger partial charge in [0, 0.05) is 27.8 Å². The van der Waals surface area contributed by atoms with Crippen LogP contribution in [0.3, 0.4) is 0 Å². The molecular formula is C25H21ClO6. The SMILES string of the molecule is CC(=O)c1cc(O)cc(OC(=O)C(C)(C)Oc2ccc(C(=O)c3ccc(Cl)cc3)cc2)c1. The Bertz CT molecular complexity index is 1160. The molecule has 3 aromatic rings. The van der Waals surface area contributed by atoms with Crippen molar-refractivity contribution in [1.82, 2.24) is 0 Å². The number of carbonyl (C=O) groups is 3. The molecule has 0 bridgehead atoms. The molecule has 3 aromatic carbocycles. The molecule has 0 aliphatic carbocycles. The van der Waals surface area contributed by atoms with E-state index in [-0.39, 0.29) is 28.6 Å². The lowest BCUT2D eigenvalue weighted by atomic mass is 10.0. The first-order valence-corrected chi connectivity index (χ1v) is 10.1. The fraction of sp³-hybridized carbons (Fsp3) is 0.160. The van der Waals surface area contributed by atoms with Crippen LogP contribution in [0, 0.1) is 0 Å². The van der Waals surface area contributed by atoms with Crippen molar-refractivity contribution in [3.63, 3.8) is 0 Å². The smallest absolute Gasteiger partial charge is 0.355 e. The lowest BCUT2D eigenvalue weighted by molar-refractivity contribution is -0.149. The van der Waals surface area contributed by atoms with Crippen LogP contribution in [0.2, 0.25) is 5.02 Å². The minimum atomic E-state index is -1.39. The number of carbonyl (C=O) groups excluding carboxylic acids is 3. The number of aromatic hydroxyl groups is 1. The summed E-state index contributed by atoms with van der Waals surface area (Å²) in [4.78, 5) is 36.8. The maximum Gasteiger partial charge on any atom is 0.355 e. The summed E-state index contributed by atoms with van der Waals surface area (Å²) in [5, 5.41) is 10.3. The van der Waals surface area contributed by atoms with Gasteiger partial charge in [0.2, 0.25) is 5.60 Å². The third kappa shape index (κ3) is 5.53. The zero-order chi connectivity index (χ0) is 23.5. The molecule has 1 N–H and O–H groups in total. The monoisotopic (exact) mass is 452 g/mol. The molecule has 0 aliphatic heterocycles. The Kier molecular flexibility index (Phi) is 6.65. The molecule has 164 valence electrons. The molecule has 0 unspecified atom stereocenters. The summed E-state index contributed by atoms with van der Waals surface area (Å²) in [6.45, 7) is 4.39. The van der Waals surface area contributed by atoms with Gasteiger partial charge in [-0.2, -0.15) is 0 Å². The Morgan fingerprint density at radius 2 is 1.38 bits per heavy atom. The van der Waals surface area contributed by atoms with E-state index in [1.165, 1.54) is 39.0 Å². The van der Waals surface area contributed by atoms with E-state index >= 15 is 0 Å². The quantitative estimate of drug-likeness (QED) is 0.299. The van der Waals surface area contributed by atoms with Gasteiger partial charge < -0.3 is 14.6 Å². The van der Waals surface area contributed by atoms with Gasteiger partial charge in [-0.15, -0.1) is 0 Å². The Hall–Kier alpha value is -3.64. The highest BCUT2D eigenvalue weighted by Crippen LogP contribution is 2.26. The molecule has 0 atom stereocenters. The van der Waals surface area contributed by atoms with Crippen molar-refractivity contribution in [2.24, 2.45) is 0 Å². The second kappa shape index (κ2) is 9.24. The lowest BCUT2D eigenvalue weighted by Crippen LogP contribution is -2.41. The molecule has 0 aromatic heterocycles. The van der Waals surface area contributed by atoms with Crippen LogP contribution in [-0.2, 0) is 4.79 Å². The van der Waals surface area contributed by atoms with Crippen LogP contribution in [0.15, 0.2) is 66.7 Å². The molecule has 3 rings (SSSR count). The first kappa shape index (κ1) is 23.0. The van der Waals surface area contributed by atoms with Gasteiger partial charge in [-0.25, -0.2) is 4.79 Å². The number of halogens is 1. The summed E-state index contributed by atoms with van der Waals surface area (Å²) in [5.74, 6) is -0.973. The third-order valence-electron chi connectivity index (χ3n) is 4.60. The van der Waals surface area contributed by atoms with Gasteiger partial charge in [0.15, 0.2) is 11.6 Å². The van der Waals surface area contributed by atoms with Gasteiger partial charge in [-0.1, -0.05) is 11.6 Å². The Balaban J connectivity index is 1.70. The van der Waals surface area contributed by atoms with Gasteiger partial charge in [0.1, 0.15) is 17.2 Å². The zero-order valence-electron chi connectivity index (χ0n) is 17.7. The Labute approximate surface area is 190 Å². The van der Waals surface area contributed by atoms with E-state index in [9.17, 15) is 19.5 Å². The fourth-order valence-corrected chi connectivity index (χ4v) is 2.98. The molecule has 0 saturated heterocycles. The number of benzene rings is 3. The average molecular weight is 453 g/mol. The maximum atomic E-state index is 12.6. The number of ether oxygens (including phenoxy) is 2. The summed E-state index contributed by atoms with van der Waals surface area (Å²) in [7, 11) is 0. The van der Waals surface area contributed by atoms with Crippen LogP contribution in [-0.4, -0.2) is 28.2 Å². The van der Waals surface area contributed by atoms with Crippen molar-refractivity contribution >= 4 is 29.1 Å². The van der Waals surface area contributed by atoms with E-state index in [2.05, 4.69) is 0 Å². The van der Waals surface area contributed by atoms with Gasteiger partial charge in [-0.05, 0) is 81.4 Å². The summed E-state index contributed by atoms with van der Waals surface area (Å²) in [6, 6.07) is 16.8. The second-order valence-electron chi connectivity index (χ2n) is 7.63. The highest BCUT2D eigenvalue weighted by atomic mass is 35.5. The number of phenolic OH excluding ortho intramolecular Hbond substituents is 1. The first-order valence-electron chi connectivity index (χ1n) is 9.72. The molecule has 0 fully saturated rings. The maximum absolute atomic E-state index is 12.6. The Morgan fingerprint density at radius 1 is 0.812 bits per heavy atom. The Morgan fingerprint density at radius 3 is 1.94 bits per heavy atom. The van der Waals surface area contributed by atoms with Crippen molar-refractivity contribution in [2.45, 2.75) is 26.4 Å². The normalized spacial score (nSPS) is 11.0. The first-order chi connectivity index (χ1) is 15.0. The molecule has 0 radical (unpaired) electrons. The number of esters is 1. The van der Waals surface area contributed by atoms with Crippen molar-refractivity contribution in [3.8, 4) is 17.2 Å². The van der Waals surface area contributed by atoms with Crippen molar-refractivity contribution in [2.75, 3.05) is 0 Å². The van der Waals surface area contributed by atoms with Crippen LogP contribution in [0.4, 0.5) is 0 Å². The van der Waals surface area contributed by atoms with Crippen LogP contribution in [0.5, 0.6) is 17.2 Å². The number of phenols is 1. The van der Waals surface area contributed by atoms with E-state index in [0.717, 1.165) is 0 Å². The molecule has 7 heteroatoms. The molecule has 0 spiro atoms. The molecule has 6 nitrogen and oxygen atoms in total. The predicted molar refractivity (Wildman–Crippen MR) is 120 cm³/mol. The highest BCUT2D eigenvalue weighted by Gasteiger charge is 2.32. The number of Topliss-reactive ketones (excluding diaryl/α,β-unsaturated/α-hetero) is 1. The average Bonchev–Trinajstić information content (AvgIpc) is 2.73. The lowest BCUT2D eigenvalue weighted by Gasteiger charge is -2.24. The van der Waals surface area contributed by atoms with Crippen LogP contribution in [0.25, 0.3) is 0 Å². The van der Waals surface area contributed by atoms with Gasteiger partial charge in [0.05, 0.1) is 0 Å². The van der Waals surface area contributed by atoms with Gasteiger partial charge in [0.25, 0.3) is 0 Å². The minimum Gasteiger partial charge on any atom is -0.508 e. The molecule has 32 heavy (non-hydrogen) atoms. The highest BCUT2D eigenvalue weighted by molar-refractivity contribution is 6.30. The number of rotatable bonds is 7. The van der Waals surface area contributed by atoms with Crippen LogP contribution in [0.1, 0.15) is 47.1 Å². The molecule has 0 saturated carbocycles. The van der Waals surface area contributed by atoms with Crippen LogP contribution < -0.4 is 9.47 Å². The van der Waals surface area contributed by atoms with Gasteiger partial charge >= 0.3 is 5.97 Å². The summed E-state index contributed by atoms with van der Waals surface area (Å²) >= 11 is 5.86. The van der Waals surface area contributed by atoms with E-state index in [0.29, 0.717) is 21.9 Å². The van der Waals surface area contributed by atoms with Crippen molar-refractivity contribution in [1.29, 1.82) is 0 Å². The molecule has 0 heterocycles. The predicted octanol–water partition coefficient (Wildman–Crippen LogP) is 5.24. The number of hydrogen-bond acceptors (Lipinski definition) is 6. The van der Waals surface area contributed by atoms with Crippen molar-refractivity contribution < 1.29 is 29.0 Å². The second-order valence-corrected chi connectivity index (χ2v) is 8.07. The standard InChI is InChI=1S/C25H21ClO6/c1-15(27)18-12-20(28)14-22(13-18)31-24(30)25(2,3)32-21-10-6-17(7-11-21)23(29)16-4-8-19(26)9-5-16/h4-14,28H,1-3H3. The molecule has 0 amide bonds. The van der Waals surface area contributed by atoms with E-state index < -0.39 is 11.6 Å². The molecule has 0 aliphatic rings. The summed E-state index contributed by atoms with van der Waals surface area (Å²) in [6.07, 6.45) is 0. The zero-order valence-corrected chi connectivity index (χ0v) is 18.5. The fourth-order valence-electron chi connectivity index (χ4n) is 2.85. The van der Waals surface area contributed by atoms with Gasteiger partial charge in [-0.3, -0.25) is 9.59 Å². The molecular weight excluding hydrogens is 432 g/mol. The largest absolute Gasteiger partial charge is 0.508 e. The van der Waals surface area contributed by atoms with Crippen molar-refractivity contribution in [3.05, 3.63) is 88.4 Å².